The summed E-state index contributed by atoms with van der Waals surface area (Å²) >= 11 is 1.35. The summed E-state index contributed by atoms with van der Waals surface area (Å²) in [7, 11) is 2.97. The second-order valence-electron chi connectivity index (χ2n) is 6.87. The van der Waals surface area contributed by atoms with E-state index in [1.54, 1.807) is 18.2 Å². The lowest BCUT2D eigenvalue weighted by molar-refractivity contribution is -0.140. The summed E-state index contributed by atoms with van der Waals surface area (Å²) < 4.78 is 10.4. The Labute approximate surface area is 177 Å². The van der Waals surface area contributed by atoms with E-state index in [1.165, 1.54) is 26.0 Å². The van der Waals surface area contributed by atoms with Crippen LogP contribution in [0, 0.1) is 5.92 Å². The Hall–Kier alpha value is -3.26. The maximum atomic E-state index is 13.0. The van der Waals surface area contributed by atoms with Crippen LogP contribution in [0.4, 0.5) is 11.4 Å². The number of carbonyl (C=O) groups is 3. The molecule has 2 N–H and O–H groups in total. The standard InChI is InChI=1S/C22H20N2O5S/c1-28-12-7-9-14(17(11-12)29-2)24-22(27)20(26)13-8-10-16-21(19(13)25)30-18-6-4-3-5-15(18)23-16/h3-7,9,11,13,23H,8,10H2,1-2H3,(H,24,27). The van der Waals surface area contributed by atoms with Crippen molar-refractivity contribution >= 4 is 40.6 Å². The molecule has 7 nitrogen and oxygen atoms in total. The summed E-state index contributed by atoms with van der Waals surface area (Å²) in [6.07, 6.45) is 0.817. The predicted octanol–water partition coefficient (Wildman–Crippen LogP) is 3.62. The van der Waals surface area contributed by atoms with Crippen molar-refractivity contribution in [1.82, 2.24) is 0 Å². The Morgan fingerprint density at radius 3 is 2.70 bits per heavy atom. The van der Waals surface area contributed by atoms with Crippen LogP contribution in [0.2, 0.25) is 0 Å². The van der Waals surface area contributed by atoms with Crippen LogP contribution in [0.15, 0.2) is 58.0 Å². The molecule has 1 unspecified atom stereocenters. The van der Waals surface area contributed by atoms with Crippen molar-refractivity contribution in [1.29, 1.82) is 0 Å². The number of thioether (sulfide) groups is 1. The van der Waals surface area contributed by atoms with Crippen molar-refractivity contribution in [3.05, 3.63) is 53.1 Å². The number of amides is 1. The Morgan fingerprint density at radius 2 is 1.93 bits per heavy atom. The van der Waals surface area contributed by atoms with Gasteiger partial charge >= 0.3 is 0 Å². The van der Waals surface area contributed by atoms with Gasteiger partial charge in [0.15, 0.2) is 5.78 Å². The van der Waals surface area contributed by atoms with Gasteiger partial charge in [-0.05, 0) is 37.1 Å². The SMILES string of the molecule is COc1ccc(NC(=O)C(=O)C2CCC3=C(Sc4ccccc4N3)C2=O)c(OC)c1. The van der Waals surface area contributed by atoms with E-state index in [0.717, 1.165) is 16.3 Å². The highest BCUT2D eigenvalue weighted by molar-refractivity contribution is 8.04. The molecule has 154 valence electrons. The van der Waals surface area contributed by atoms with E-state index in [1.807, 2.05) is 24.3 Å². The lowest BCUT2D eigenvalue weighted by atomic mass is 9.87. The molecule has 0 radical (unpaired) electrons. The number of allylic oxidation sites excluding steroid dienone is 2. The first-order valence-corrected chi connectivity index (χ1v) is 10.2. The molecule has 1 aliphatic heterocycles. The molecule has 30 heavy (non-hydrogen) atoms. The van der Waals surface area contributed by atoms with Gasteiger partial charge in [-0.1, -0.05) is 23.9 Å². The zero-order chi connectivity index (χ0) is 21.3. The van der Waals surface area contributed by atoms with Crippen molar-refractivity contribution in [3.8, 4) is 11.5 Å². The van der Waals surface area contributed by atoms with Gasteiger partial charge in [0.2, 0.25) is 5.78 Å². The molecule has 2 aromatic rings. The number of fused-ring (bicyclic) bond motifs is 1. The molecule has 0 fully saturated rings. The number of rotatable bonds is 5. The molecule has 1 atom stereocenters. The Bertz CT molecular complexity index is 1080. The molecule has 0 saturated carbocycles. The molecule has 0 aromatic heterocycles. The topological polar surface area (TPSA) is 93.7 Å². The van der Waals surface area contributed by atoms with Crippen LogP contribution in [-0.2, 0) is 14.4 Å². The number of methoxy groups -OCH3 is 2. The monoisotopic (exact) mass is 424 g/mol. The van der Waals surface area contributed by atoms with Crippen LogP contribution >= 0.6 is 11.8 Å². The number of Topliss-reactive ketones (excluding diaryl/α,β-unsaturated/α-hetero) is 2. The van der Waals surface area contributed by atoms with Gasteiger partial charge in [0.25, 0.3) is 5.91 Å². The minimum atomic E-state index is -0.993. The quantitative estimate of drug-likeness (QED) is 0.559. The minimum Gasteiger partial charge on any atom is -0.497 e. The summed E-state index contributed by atoms with van der Waals surface area (Å²) in [6, 6.07) is 12.5. The number of ether oxygens (including phenoxy) is 2. The van der Waals surface area contributed by atoms with Crippen LogP contribution < -0.4 is 20.1 Å². The van der Waals surface area contributed by atoms with Gasteiger partial charge in [0, 0.05) is 16.7 Å². The fourth-order valence-electron chi connectivity index (χ4n) is 3.50. The molecular formula is C22H20N2O5S. The molecule has 0 spiro atoms. The fourth-order valence-corrected chi connectivity index (χ4v) is 4.61. The second kappa shape index (κ2) is 8.23. The van der Waals surface area contributed by atoms with Crippen molar-refractivity contribution < 1.29 is 23.9 Å². The first-order valence-electron chi connectivity index (χ1n) is 9.40. The molecule has 2 aliphatic rings. The second-order valence-corrected chi connectivity index (χ2v) is 7.92. The first-order chi connectivity index (χ1) is 14.5. The zero-order valence-corrected chi connectivity index (χ0v) is 17.3. The highest BCUT2D eigenvalue weighted by Gasteiger charge is 2.39. The van der Waals surface area contributed by atoms with Gasteiger partial charge in [-0.2, -0.15) is 0 Å². The van der Waals surface area contributed by atoms with E-state index in [4.69, 9.17) is 9.47 Å². The maximum Gasteiger partial charge on any atom is 0.292 e. The van der Waals surface area contributed by atoms with Crippen LogP contribution in [0.25, 0.3) is 0 Å². The molecule has 1 amide bonds. The van der Waals surface area contributed by atoms with Gasteiger partial charge in [0.05, 0.1) is 36.4 Å². The first kappa shape index (κ1) is 20.0. The Balaban J connectivity index is 1.50. The van der Waals surface area contributed by atoms with E-state index >= 15 is 0 Å². The van der Waals surface area contributed by atoms with Gasteiger partial charge in [-0.3, -0.25) is 14.4 Å². The highest BCUT2D eigenvalue weighted by Crippen LogP contribution is 2.45. The summed E-state index contributed by atoms with van der Waals surface area (Å²) in [5.41, 5.74) is 2.09. The zero-order valence-electron chi connectivity index (χ0n) is 16.5. The van der Waals surface area contributed by atoms with E-state index in [2.05, 4.69) is 10.6 Å². The van der Waals surface area contributed by atoms with E-state index < -0.39 is 17.6 Å². The Morgan fingerprint density at radius 1 is 1.13 bits per heavy atom. The summed E-state index contributed by atoms with van der Waals surface area (Å²) in [5.74, 6) is -1.98. The summed E-state index contributed by atoms with van der Waals surface area (Å²) in [4.78, 5) is 39.8. The van der Waals surface area contributed by atoms with E-state index in [-0.39, 0.29) is 5.78 Å². The minimum absolute atomic E-state index is 0.291. The van der Waals surface area contributed by atoms with E-state index in [0.29, 0.717) is 34.9 Å². The molecular weight excluding hydrogens is 404 g/mol. The molecule has 8 heteroatoms. The smallest absolute Gasteiger partial charge is 0.292 e. The average Bonchev–Trinajstić information content (AvgIpc) is 2.78. The van der Waals surface area contributed by atoms with Crippen molar-refractivity contribution in [2.45, 2.75) is 17.7 Å². The van der Waals surface area contributed by atoms with Crippen LogP contribution in [0.1, 0.15) is 12.8 Å². The average molecular weight is 424 g/mol. The van der Waals surface area contributed by atoms with Gasteiger partial charge < -0.3 is 20.1 Å². The predicted molar refractivity (Wildman–Crippen MR) is 114 cm³/mol. The summed E-state index contributed by atoms with van der Waals surface area (Å²) in [5, 5.41) is 5.84. The van der Waals surface area contributed by atoms with Gasteiger partial charge in [-0.15, -0.1) is 0 Å². The number of hydrogen-bond acceptors (Lipinski definition) is 7. The molecule has 4 rings (SSSR count). The third kappa shape index (κ3) is 3.66. The van der Waals surface area contributed by atoms with Crippen molar-refractivity contribution in [2.24, 2.45) is 5.92 Å². The number of ketones is 2. The molecule has 0 saturated heterocycles. The van der Waals surface area contributed by atoms with Gasteiger partial charge in [0.1, 0.15) is 11.5 Å². The number of nitrogens with one attached hydrogen (secondary N) is 2. The molecule has 2 aromatic carbocycles. The van der Waals surface area contributed by atoms with Crippen molar-refractivity contribution in [2.75, 3.05) is 24.9 Å². The van der Waals surface area contributed by atoms with Crippen LogP contribution in [0.5, 0.6) is 11.5 Å². The Kier molecular flexibility index (Phi) is 5.50. The van der Waals surface area contributed by atoms with Gasteiger partial charge in [-0.25, -0.2) is 0 Å². The van der Waals surface area contributed by atoms with E-state index in [9.17, 15) is 14.4 Å². The fraction of sp³-hybridized carbons (Fsp3) is 0.227. The molecule has 0 bridgehead atoms. The lowest BCUT2D eigenvalue weighted by Crippen LogP contribution is -2.37. The van der Waals surface area contributed by atoms with Crippen LogP contribution in [0.3, 0.4) is 0 Å². The number of para-hydroxylation sites is 1. The summed E-state index contributed by atoms with van der Waals surface area (Å²) in [6.45, 7) is 0. The largest absolute Gasteiger partial charge is 0.497 e. The highest BCUT2D eigenvalue weighted by atomic mass is 32.2. The third-order valence-electron chi connectivity index (χ3n) is 5.08. The number of anilines is 2. The normalized spacial score (nSPS) is 17.4. The lowest BCUT2D eigenvalue weighted by Gasteiger charge is -2.29. The maximum absolute atomic E-state index is 13.0. The molecule has 1 aliphatic carbocycles. The number of benzene rings is 2. The van der Waals surface area contributed by atoms with Crippen molar-refractivity contribution in [3.63, 3.8) is 0 Å². The van der Waals surface area contributed by atoms with Crippen LogP contribution in [-0.4, -0.2) is 31.7 Å². The molecule has 1 heterocycles. The number of hydrogen-bond donors (Lipinski definition) is 2. The number of carbonyl (C=O) groups excluding carboxylic acids is 3. The third-order valence-corrected chi connectivity index (χ3v) is 6.31.